The number of pyridine rings is 1. The first kappa shape index (κ1) is 38.1. The van der Waals surface area contributed by atoms with Crippen molar-refractivity contribution in [2.45, 2.75) is 19.8 Å². The van der Waals surface area contributed by atoms with Gasteiger partial charge in [-0.05, 0) is 88.1 Å². The van der Waals surface area contributed by atoms with Crippen LogP contribution in [0.1, 0.15) is 40.7 Å². The highest BCUT2D eigenvalue weighted by molar-refractivity contribution is 6.34. The summed E-state index contributed by atoms with van der Waals surface area (Å²) in [6.07, 6.45) is 4.57. The van der Waals surface area contributed by atoms with Gasteiger partial charge in [-0.3, -0.25) is 19.5 Å². The number of benzene rings is 2. The topological polar surface area (TPSA) is 142 Å². The van der Waals surface area contributed by atoms with Crippen molar-refractivity contribution in [2.75, 3.05) is 59.2 Å². The van der Waals surface area contributed by atoms with E-state index < -0.39 is 11.9 Å². The zero-order valence-corrected chi connectivity index (χ0v) is 31.7. The van der Waals surface area contributed by atoms with E-state index in [-0.39, 0.29) is 34.1 Å². The molecule has 3 aromatic heterocycles. The molecular formula is C39H43ClFN9O4. The fourth-order valence-electron chi connectivity index (χ4n) is 6.53. The van der Waals surface area contributed by atoms with Gasteiger partial charge in [-0.2, -0.15) is 9.49 Å². The Bertz CT molecular complexity index is 2140. The number of rotatable bonds is 12. The van der Waals surface area contributed by atoms with Crippen molar-refractivity contribution in [3.8, 4) is 39.5 Å². The largest absolute Gasteiger partial charge is 0.497 e. The molecule has 0 spiro atoms. The Morgan fingerprint density at radius 2 is 1.72 bits per heavy atom. The minimum atomic E-state index is -0.741. The molecule has 0 radical (unpaired) electrons. The quantitative estimate of drug-likeness (QED) is 0.151. The number of imidazole rings is 1. The second-order valence-electron chi connectivity index (χ2n) is 13.4. The third-order valence-corrected chi connectivity index (χ3v) is 10.0. The first-order valence-electron chi connectivity index (χ1n) is 17.7. The number of anilines is 1. The number of piperazine rings is 1. The van der Waals surface area contributed by atoms with E-state index >= 15 is 4.39 Å². The number of ether oxygens (including phenoxy) is 1. The van der Waals surface area contributed by atoms with Crippen molar-refractivity contribution >= 4 is 35.0 Å². The Morgan fingerprint density at radius 1 is 1.00 bits per heavy atom. The molecule has 1 saturated heterocycles. The smallest absolute Gasteiger partial charge is 0.291 e. The molecule has 1 fully saturated rings. The van der Waals surface area contributed by atoms with E-state index in [2.05, 4.69) is 30.4 Å². The number of halogens is 2. The number of H-pyrrole nitrogens is 1. The van der Waals surface area contributed by atoms with Gasteiger partial charge in [0, 0.05) is 56.0 Å². The maximum Gasteiger partial charge on any atom is 0.291 e. The molecule has 13 nitrogen and oxygen atoms in total. The number of hydrogen-bond acceptors (Lipinski definition) is 8. The Hall–Kier alpha value is -5.60. The number of carbonyl (C=O) groups is 3. The normalized spacial score (nSPS) is 13.6. The molecule has 1 atom stereocenters. The third kappa shape index (κ3) is 8.14. The molecule has 4 heterocycles. The van der Waals surface area contributed by atoms with Gasteiger partial charge in [-0.25, -0.2) is 9.97 Å². The molecule has 3 amide bonds. The number of amides is 3. The molecule has 2 N–H and O–H groups in total. The van der Waals surface area contributed by atoms with Gasteiger partial charge in [0.25, 0.3) is 11.8 Å². The summed E-state index contributed by atoms with van der Waals surface area (Å²) in [6, 6.07) is 15.3. The molecule has 1 unspecified atom stereocenters. The van der Waals surface area contributed by atoms with Crippen LogP contribution in [-0.2, 0) is 11.8 Å². The summed E-state index contributed by atoms with van der Waals surface area (Å²) < 4.78 is 22.3. The van der Waals surface area contributed by atoms with Gasteiger partial charge in [0.05, 0.1) is 52.7 Å². The minimum Gasteiger partial charge on any atom is -0.497 e. The molecule has 15 heteroatoms. The summed E-state index contributed by atoms with van der Waals surface area (Å²) in [4.78, 5) is 53.9. The van der Waals surface area contributed by atoms with Gasteiger partial charge in [-0.15, -0.1) is 0 Å². The van der Waals surface area contributed by atoms with Crippen LogP contribution in [0.2, 0.25) is 5.02 Å². The number of nitrogens with zero attached hydrogens (tertiary/aromatic N) is 7. The Labute approximate surface area is 318 Å². The van der Waals surface area contributed by atoms with Gasteiger partial charge in [-0.1, -0.05) is 18.5 Å². The molecular weight excluding hydrogens is 713 g/mol. The molecule has 2 aromatic carbocycles. The standard InChI is InChI=1S/C39H43ClFN9O4/c1-6-24(15-16-47(2)3)38(52)49-17-19-50(20-18-49)39(53)28-12-9-26(21-31(28)40)44-37(51)36-42-23-33(48(36)4)29-13-14-32(45-35(29)41)30-22-43-46-34(30)25-7-10-27(54-5)11-8-25/h7-14,21-24H,6,15-20H2,1-5H3,(H,43,46)(H,44,51). The van der Waals surface area contributed by atoms with Crippen LogP contribution in [-0.4, -0.2) is 111 Å². The Balaban J connectivity index is 1.09. The van der Waals surface area contributed by atoms with E-state index in [1.165, 1.54) is 16.8 Å². The van der Waals surface area contributed by atoms with Gasteiger partial charge >= 0.3 is 0 Å². The number of methoxy groups -OCH3 is 1. The van der Waals surface area contributed by atoms with E-state index in [0.717, 1.165) is 24.9 Å². The predicted molar refractivity (Wildman–Crippen MR) is 205 cm³/mol. The van der Waals surface area contributed by atoms with Gasteiger partial charge in [0.2, 0.25) is 11.9 Å². The van der Waals surface area contributed by atoms with E-state index in [9.17, 15) is 14.4 Å². The lowest BCUT2D eigenvalue weighted by Crippen LogP contribution is -2.52. The molecule has 5 aromatic rings. The summed E-state index contributed by atoms with van der Waals surface area (Å²) in [5.74, 6) is -0.709. The summed E-state index contributed by atoms with van der Waals surface area (Å²) in [5, 5.41) is 10.0. The number of aromatic amines is 1. The number of nitrogens with one attached hydrogen (secondary N) is 2. The van der Waals surface area contributed by atoms with Gasteiger partial charge in [0.15, 0.2) is 5.82 Å². The highest BCUT2D eigenvalue weighted by atomic mass is 35.5. The SMILES string of the molecule is CCC(CCN(C)C)C(=O)N1CCN(C(=O)c2ccc(NC(=O)c3ncc(-c4ccc(-c5cn[nH]c5-c5ccc(OC)cc5)nc4F)n3C)cc2Cl)CC1. The highest BCUT2D eigenvalue weighted by Crippen LogP contribution is 2.32. The third-order valence-electron chi connectivity index (χ3n) is 9.71. The zero-order chi connectivity index (χ0) is 38.5. The second kappa shape index (κ2) is 16.6. The average molecular weight is 756 g/mol. The molecule has 0 saturated carbocycles. The van der Waals surface area contributed by atoms with Crippen molar-refractivity contribution in [1.29, 1.82) is 0 Å². The molecule has 0 aliphatic carbocycles. The maximum absolute atomic E-state index is 15.6. The molecule has 1 aliphatic rings. The second-order valence-corrected chi connectivity index (χ2v) is 13.8. The first-order valence-corrected chi connectivity index (χ1v) is 18.1. The molecule has 0 bridgehead atoms. The fourth-order valence-corrected chi connectivity index (χ4v) is 6.79. The molecule has 1 aliphatic heterocycles. The lowest BCUT2D eigenvalue weighted by molar-refractivity contribution is -0.137. The average Bonchev–Trinajstić information content (AvgIpc) is 3.82. The van der Waals surface area contributed by atoms with Crippen molar-refractivity contribution < 1.29 is 23.5 Å². The van der Waals surface area contributed by atoms with Crippen LogP contribution in [0, 0.1) is 11.9 Å². The zero-order valence-electron chi connectivity index (χ0n) is 30.9. The van der Waals surface area contributed by atoms with E-state index in [1.807, 2.05) is 50.2 Å². The van der Waals surface area contributed by atoms with Crippen LogP contribution in [0.25, 0.3) is 33.8 Å². The summed E-state index contributed by atoms with van der Waals surface area (Å²) in [6.45, 7) is 4.59. The van der Waals surface area contributed by atoms with Crippen LogP contribution in [0.15, 0.2) is 67.0 Å². The Kier molecular flexibility index (Phi) is 11.7. The minimum absolute atomic E-state index is 0.0285. The van der Waals surface area contributed by atoms with Crippen LogP contribution in [0.5, 0.6) is 5.75 Å². The summed E-state index contributed by atoms with van der Waals surface area (Å²) in [7, 11) is 7.19. The molecule has 282 valence electrons. The first-order chi connectivity index (χ1) is 26.0. The van der Waals surface area contributed by atoms with Crippen molar-refractivity contribution in [3.63, 3.8) is 0 Å². The molecule has 6 rings (SSSR count). The van der Waals surface area contributed by atoms with Gasteiger partial charge in [0.1, 0.15) is 5.75 Å². The number of hydrogen-bond donors (Lipinski definition) is 2. The molecule has 54 heavy (non-hydrogen) atoms. The number of aromatic nitrogens is 5. The maximum atomic E-state index is 15.6. The van der Waals surface area contributed by atoms with E-state index in [0.29, 0.717) is 65.8 Å². The van der Waals surface area contributed by atoms with Crippen LogP contribution >= 0.6 is 11.6 Å². The fraction of sp³-hybridized carbons (Fsp3) is 0.333. The van der Waals surface area contributed by atoms with Crippen LogP contribution in [0.3, 0.4) is 0 Å². The summed E-state index contributed by atoms with van der Waals surface area (Å²) in [5.41, 5.74) is 3.66. The van der Waals surface area contributed by atoms with E-state index in [4.69, 9.17) is 16.3 Å². The monoisotopic (exact) mass is 755 g/mol. The lowest BCUT2D eigenvalue weighted by atomic mass is 10.00. The Morgan fingerprint density at radius 3 is 2.37 bits per heavy atom. The summed E-state index contributed by atoms with van der Waals surface area (Å²) >= 11 is 6.56. The van der Waals surface area contributed by atoms with Crippen molar-refractivity contribution in [1.82, 2.24) is 39.4 Å². The van der Waals surface area contributed by atoms with Crippen LogP contribution in [0.4, 0.5) is 10.1 Å². The van der Waals surface area contributed by atoms with E-state index in [1.54, 1.807) is 49.5 Å². The number of carbonyl (C=O) groups excluding carboxylic acids is 3. The highest BCUT2D eigenvalue weighted by Gasteiger charge is 2.29. The predicted octanol–water partition coefficient (Wildman–Crippen LogP) is 5.85. The lowest BCUT2D eigenvalue weighted by Gasteiger charge is -2.36. The van der Waals surface area contributed by atoms with Crippen molar-refractivity contribution in [3.05, 3.63) is 89.3 Å². The van der Waals surface area contributed by atoms with Crippen LogP contribution < -0.4 is 10.1 Å². The van der Waals surface area contributed by atoms with Gasteiger partial charge < -0.3 is 29.3 Å². The van der Waals surface area contributed by atoms with Crippen molar-refractivity contribution in [2.24, 2.45) is 13.0 Å².